The van der Waals surface area contributed by atoms with Gasteiger partial charge < -0.3 is 8.83 Å². The molecule has 0 fully saturated rings. The normalized spacial score (nSPS) is 13.0. The summed E-state index contributed by atoms with van der Waals surface area (Å²) in [6.07, 6.45) is 1.57. The molecule has 1 aliphatic rings. The lowest BCUT2D eigenvalue weighted by molar-refractivity contribution is 0.668. The first-order chi connectivity index (χ1) is 26.8. The van der Waals surface area contributed by atoms with Crippen LogP contribution in [0.25, 0.3) is 88.9 Å². The van der Waals surface area contributed by atoms with Crippen molar-refractivity contribution in [2.45, 2.75) is 12.8 Å². The molecule has 0 unspecified atom stereocenters. The zero-order valence-electron chi connectivity index (χ0n) is 29.2. The van der Waals surface area contributed by atoms with Crippen LogP contribution in [0.15, 0.2) is 173 Å². The third kappa shape index (κ3) is 4.90. The van der Waals surface area contributed by atoms with Crippen molar-refractivity contribution < 1.29 is 8.83 Å². The number of hydrogen-bond acceptors (Lipinski definition) is 5. The molecule has 0 spiro atoms. The Morgan fingerprint density at radius 3 is 1.63 bits per heavy atom. The smallest absolute Gasteiger partial charge is 0.164 e. The van der Waals surface area contributed by atoms with Crippen LogP contribution < -0.4 is 10.4 Å². The molecule has 1 aliphatic carbocycles. The highest BCUT2D eigenvalue weighted by molar-refractivity contribution is 6.13. The molecular formula is C49H31N3O2. The third-order valence-corrected chi connectivity index (χ3v) is 10.7. The molecule has 3 aromatic heterocycles. The van der Waals surface area contributed by atoms with Gasteiger partial charge in [-0.3, -0.25) is 0 Å². The Labute approximate surface area is 310 Å². The summed E-state index contributed by atoms with van der Waals surface area (Å²) in [5.74, 6) is 1.95. The zero-order valence-corrected chi connectivity index (χ0v) is 29.2. The van der Waals surface area contributed by atoms with Gasteiger partial charge in [-0.2, -0.15) is 0 Å². The van der Waals surface area contributed by atoms with E-state index in [1.807, 2.05) is 54.6 Å². The Kier molecular flexibility index (Phi) is 6.92. The van der Waals surface area contributed by atoms with Gasteiger partial charge in [0.25, 0.3) is 0 Å². The van der Waals surface area contributed by atoms with E-state index in [9.17, 15) is 0 Å². The van der Waals surface area contributed by atoms with Crippen molar-refractivity contribution in [2.24, 2.45) is 0 Å². The molecule has 3 heterocycles. The lowest BCUT2D eigenvalue weighted by Crippen LogP contribution is -2.33. The average molecular weight is 694 g/mol. The van der Waals surface area contributed by atoms with Crippen LogP contribution in [-0.4, -0.2) is 15.0 Å². The predicted molar refractivity (Wildman–Crippen MR) is 217 cm³/mol. The molecular weight excluding hydrogens is 663 g/mol. The molecule has 5 nitrogen and oxygen atoms in total. The molecule has 54 heavy (non-hydrogen) atoms. The number of benzene rings is 7. The van der Waals surface area contributed by atoms with E-state index >= 15 is 0 Å². The van der Waals surface area contributed by atoms with Gasteiger partial charge in [0.05, 0.1) is 0 Å². The second-order valence-corrected chi connectivity index (χ2v) is 13.8. The number of rotatable bonds is 5. The minimum absolute atomic E-state index is 0.623. The molecule has 0 bridgehead atoms. The molecule has 0 atom stereocenters. The standard InChI is InChI=1S/C49H31N3O2/c1-3-14-30(15-4-1)32-28-40(46-38-21-10-12-24-42(38)54-44(46)29-32)35-26-27-36(34-19-8-7-18-33(34)35)48-50-47(31-16-5-2-6-17-31)51-49(52-48)39-22-13-25-43-45(39)37-20-9-11-23-41(37)53-43/h1-25,28-29H,26-27H2. The molecule has 0 saturated carbocycles. The van der Waals surface area contributed by atoms with Crippen LogP contribution in [0.1, 0.15) is 24.2 Å². The van der Waals surface area contributed by atoms with E-state index in [0.717, 1.165) is 89.8 Å². The number of hydrogen-bond donors (Lipinski definition) is 0. The van der Waals surface area contributed by atoms with Gasteiger partial charge in [-0.25, -0.2) is 15.0 Å². The predicted octanol–water partition coefficient (Wildman–Crippen LogP) is 10.9. The zero-order chi connectivity index (χ0) is 35.6. The maximum Gasteiger partial charge on any atom is 0.164 e. The first-order valence-corrected chi connectivity index (χ1v) is 18.3. The maximum absolute atomic E-state index is 6.53. The number of furan rings is 2. The van der Waals surface area contributed by atoms with Crippen molar-refractivity contribution in [2.75, 3.05) is 0 Å². The highest BCUT2D eigenvalue weighted by atomic mass is 16.3. The fourth-order valence-electron chi connectivity index (χ4n) is 8.24. The molecule has 0 saturated heterocycles. The van der Waals surface area contributed by atoms with Crippen LogP contribution in [0.5, 0.6) is 0 Å². The van der Waals surface area contributed by atoms with Crippen molar-refractivity contribution in [1.82, 2.24) is 15.0 Å². The van der Waals surface area contributed by atoms with Crippen molar-refractivity contribution >= 4 is 55.0 Å². The summed E-state index contributed by atoms with van der Waals surface area (Å²) in [4.78, 5) is 15.6. The third-order valence-electron chi connectivity index (χ3n) is 10.7. The van der Waals surface area contributed by atoms with Crippen molar-refractivity contribution in [1.29, 1.82) is 0 Å². The van der Waals surface area contributed by atoms with Crippen molar-refractivity contribution in [3.05, 3.63) is 186 Å². The quantitative estimate of drug-likeness (QED) is 0.180. The van der Waals surface area contributed by atoms with Crippen LogP contribution >= 0.6 is 0 Å². The minimum Gasteiger partial charge on any atom is -0.456 e. The number of nitrogens with zero attached hydrogens (tertiary/aromatic N) is 3. The van der Waals surface area contributed by atoms with E-state index in [1.54, 1.807) is 0 Å². The molecule has 11 rings (SSSR count). The van der Waals surface area contributed by atoms with E-state index in [4.69, 9.17) is 23.8 Å². The lowest BCUT2D eigenvalue weighted by Gasteiger charge is -2.19. The number of para-hydroxylation sites is 2. The molecule has 0 N–H and O–H groups in total. The number of fused-ring (bicyclic) bond motifs is 7. The Bertz CT molecular complexity index is 3210. The Hall–Kier alpha value is -7.11. The molecule has 5 heteroatoms. The summed E-state index contributed by atoms with van der Waals surface area (Å²) in [5, 5.41) is 6.63. The van der Waals surface area contributed by atoms with Crippen LogP contribution in [-0.2, 0) is 0 Å². The minimum atomic E-state index is 0.623. The highest BCUT2D eigenvalue weighted by Crippen LogP contribution is 2.40. The van der Waals surface area contributed by atoms with E-state index in [2.05, 4.69) is 109 Å². The van der Waals surface area contributed by atoms with Gasteiger partial charge in [-0.05, 0) is 75.9 Å². The topological polar surface area (TPSA) is 65.0 Å². The fraction of sp³-hybridized carbons (Fsp3) is 0.0408. The molecule has 10 aromatic rings. The first kappa shape index (κ1) is 30.5. The van der Waals surface area contributed by atoms with Gasteiger partial charge in [0.1, 0.15) is 22.3 Å². The van der Waals surface area contributed by atoms with Gasteiger partial charge in [0.2, 0.25) is 0 Å². The summed E-state index contributed by atoms with van der Waals surface area (Å²) >= 11 is 0. The van der Waals surface area contributed by atoms with E-state index in [0.29, 0.717) is 17.5 Å². The summed E-state index contributed by atoms with van der Waals surface area (Å²) in [6.45, 7) is 0. The van der Waals surface area contributed by atoms with Crippen molar-refractivity contribution in [3.63, 3.8) is 0 Å². The largest absolute Gasteiger partial charge is 0.456 e. The molecule has 0 amide bonds. The van der Waals surface area contributed by atoms with E-state index in [-0.39, 0.29) is 0 Å². The summed E-state index contributed by atoms with van der Waals surface area (Å²) in [5.41, 5.74) is 11.2. The highest BCUT2D eigenvalue weighted by Gasteiger charge is 2.23. The Morgan fingerprint density at radius 2 is 0.889 bits per heavy atom. The summed E-state index contributed by atoms with van der Waals surface area (Å²) < 4.78 is 12.8. The van der Waals surface area contributed by atoms with Gasteiger partial charge in [-0.1, -0.05) is 133 Å². The molecule has 0 radical (unpaired) electrons. The molecule has 7 aromatic carbocycles. The van der Waals surface area contributed by atoms with Gasteiger partial charge >= 0.3 is 0 Å². The van der Waals surface area contributed by atoms with Crippen LogP contribution in [0.2, 0.25) is 0 Å². The fourth-order valence-corrected chi connectivity index (χ4v) is 8.24. The van der Waals surface area contributed by atoms with Crippen LogP contribution in [0.3, 0.4) is 0 Å². The van der Waals surface area contributed by atoms with Crippen molar-refractivity contribution in [3.8, 4) is 33.9 Å². The van der Waals surface area contributed by atoms with Crippen LogP contribution in [0.4, 0.5) is 0 Å². The Balaban J connectivity index is 1.19. The maximum atomic E-state index is 6.53. The second-order valence-electron chi connectivity index (χ2n) is 13.8. The second kappa shape index (κ2) is 12.2. The Morgan fingerprint density at radius 1 is 0.352 bits per heavy atom. The summed E-state index contributed by atoms with van der Waals surface area (Å²) in [6, 6.07) is 56.6. The molecule has 254 valence electrons. The summed E-state index contributed by atoms with van der Waals surface area (Å²) in [7, 11) is 0. The monoisotopic (exact) mass is 693 g/mol. The van der Waals surface area contributed by atoms with E-state index < -0.39 is 0 Å². The SMILES string of the molecule is c1ccc(-c2cc(C3=c4ccccc4=C(c4nc(-c5ccccc5)nc(-c5cccc6oc7ccccc7c56)n4)CC3)c3c(c2)oc2ccccc23)cc1. The van der Waals surface area contributed by atoms with Crippen LogP contribution in [0, 0.1) is 0 Å². The average Bonchev–Trinajstić information content (AvgIpc) is 3.82. The van der Waals surface area contributed by atoms with Gasteiger partial charge in [0, 0.05) is 38.2 Å². The molecule has 0 aliphatic heterocycles. The lowest BCUT2D eigenvalue weighted by atomic mass is 9.86. The number of aromatic nitrogens is 3. The first-order valence-electron chi connectivity index (χ1n) is 18.3. The van der Waals surface area contributed by atoms with E-state index in [1.165, 1.54) is 16.4 Å². The van der Waals surface area contributed by atoms with Gasteiger partial charge in [0.15, 0.2) is 17.5 Å². The van der Waals surface area contributed by atoms with Gasteiger partial charge in [-0.15, -0.1) is 0 Å².